The number of pyridine rings is 2. The van der Waals surface area contributed by atoms with Gasteiger partial charge in [-0.3, -0.25) is 4.79 Å². The molecule has 0 fully saturated rings. The summed E-state index contributed by atoms with van der Waals surface area (Å²) in [6.45, 7) is 2.81. The van der Waals surface area contributed by atoms with Crippen molar-refractivity contribution in [1.82, 2.24) is 14.9 Å². The number of halogens is 3. The molecule has 38 heavy (non-hydrogen) atoms. The third-order valence-corrected chi connectivity index (χ3v) is 8.24. The molecule has 3 atom stereocenters. The fourth-order valence-corrected chi connectivity index (χ4v) is 6.11. The van der Waals surface area contributed by atoms with Gasteiger partial charge in [-0.2, -0.15) is 0 Å². The fourth-order valence-electron chi connectivity index (χ4n) is 6.11. The number of esters is 1. The quantitative estimate of drug-likeness (QED) is 0.341. The van der Waals surface area contributed by atoms with Crippen molar-refractivity contribution in [2.45, 2.75) is 70.4 Å². The number of carbonyl (C=O) groups is 1. The Morgan fingerprint density at radius 2 is 2.03 bits per heavy atom. The van der Waals surface area contributed by atoms with Gasteiger partial charge in [-0.1, -0.05) is 6.92 Å². The molecule has 0 bridgehead atoms. The van der Waals surface area contributed by atoms with E-state index in [1.165, 1.54) is 10.6 Å². The van der Waals surface area contributed by atoms with Crippen LogP contribution in [0.1, 0.15) is 59.2 Å². The van der Waals surface area contributed by atoms with Gasteiger partial charge >= 0.3 is 5.97 Å². The van der Waals surface area contributed by atoms with Crippen molar-refractivity contribution in [1.29, 1.82) is 0 Å². The van der Waals surface area contributed by atoms with Crippen molar-refractivity contribution in [3.05, 3.63) is 61.7 Å². The molecular formula is C27H26F3N3O5. The van der Waals surface area contributed by atoms with Crippen molar-refractivity contribution in [2.24, 2.45) is 0 Å². The van der Waals surface area contributed by atoms with Crippen molar-refractivity contribution in [3.63, 3.8) is 0 Å². The number of fused-ring (bicyclic) bond motifs is 5. The van der Waals surface area contributed by atoms with Crippen LogP contribution in [0.25, 0.3) is 22.3 Å². The molecule has 11 heteroatoms. The van der Waals surface area contributed by atoms with Gasteiger partial charge in [0.05, 0.1) is 29.0 Å². The maximum atomic E-state index is 14.9. The first-order chi connectivity index (χ1) is 18.1. The van der Waals surface area contributed by atoms with Crippen LogP contribution >= 0.6 is 0 Å². The molecule has 8 nitrogen and oxygen atoms in total. The maximum Gasteiger partial charge on any atom is 0.343 e. The van der Waals surface area contributed by atoms with Gasteiger partial charge in [0.25, 0.3) is 12.0 Å². The molecule has 0 radical (unpaired) electrons. The molecule has 0 amide bonds. The minimum atomic E-state index is -2.91. The lowest BCUT2D eigenvalue weighted by Gasteiger charge is -2.31. The summed E-state index contributed by atoms with van der Waals surface area (Å²) in [5.74, 6) is -1.25. The molecule has 3 aromatic rings. The SMILES string of the molecule is CC[C@@]1(O)C(=O)OCc2c1cc1n(c2=O)Cc2c-1nc1cc(F)c(C)c3c1c2[C@@H](NCC(O)C(F)F)CC3. The average molecular weight is 530 g/mol. The Balaban J connectivity index is 1.59. The Morgan fingerprint density at radius 1 is 1.26 bits per heavy atom. The van der Waals surface area contributed by atoms with E-state index in [0.29, 0.717) is 46.3 Å². The molecule has 6 rings (SSSR count). The molecule has 2 aliphatic heterocycles. The number of benzene rings is 1. The molecule has 3 aliphatic rings. The van der Waals surface area contributed by atoms with Gasteiger partial charge in [0.1, 0.15) is 18.5 Å². The van der Waals surface area contributed by atoms with Gasteiger partial charge in [-0.15, -0.1) is 0 Å². The van der Waals surface area contributed by atoms with Crippen LogP contribution in [0.4, 0.5) is 13.2 Å². The standard InChI is InChI=1S/C27H26F3N3O5/c1-3-27(37)15-6-19-23-13(9-33(19)25(35)14(15)10-38-26(27)36)22-17(31-8-20(34)24(29)30)5-4-12-11(2)16(28)7-18(32-23)21(12)22/h6-7,17,20,24,31,34,37H,3-5,8-10H2,1-2H3/t17-,20?,27-/m0/s1. The Labute approximate surface area is 215 Å². The molecule has 0 saturated heterocycles. The lowest BCUT2D eigenvalue weighted by Crippen LogP contribution is -2.44. The van der Waals surface area contributed by atoms with E-state index in [4.69, 9.17) is 9.72 Å². The van der Waals surface area contributed by atoms with Gasteiger partial charge in [-0.25, -0.2) is 22.9 Å². The van der Waals surface area contributed by atoms with Crippen LogP contribution in [0.15, 0.2) is 16.9 Å². The molecule has 200 valence electrons. The summed E-state index contributed by atoms with van der Waals surface area (Å²) in [7, 11) is 0. The van der Waals surface area contributed by atoms with Gasteiger partial charge in [0.15, 0.2) is 5.60 Å². The Bertz CT molecular complexity index is 1590. The molecule has 0 saturated carbocycles. The van der Waals surface area contributed by atoms with Crippen molar-refractivity contribution < 1.29 is 32.9 Å². The van der Waals surface area contributed by atoms with Gasteiger partial charge < -0.3 is 24.8 Å². The van der Waals surface area contributed by atoms with E-state index >= 15 is 0 Å². The molecular weight excluding hydrogens is 503 g/mol. The van der Waals surface area contributed by atoms with Crippen LogP contribution in [-0.2, 0) is 34.7 Å². The number of hydrogen-bond acceptors (Lipinski definition) is 7. The molecule has 0 spiro atoms. The summed E-state index contributed by atoms with van der Waals surface area (Å²) in [4.78, 5) is 30.8. The molecule has 4 heterocycles. The zero-order valence-electron chi connectivity index (χ0n) is 20.8. The van der Waals surface area contributed by atoms with E-state index in [-0.39, 0.29) is 37.2 Å². The lowest BCUT2D eigenvalue weighted by molar-refractivity contribution is -0.172. The number of aromatic nitrogens is 2. The van der Waals surface area contributed by atoms with Gasteiger partial charge in [0, 0.05) is 35.2 Å². The van der Waals surface area contributed by atoms with Crippen molar-refractivity contribution in [2.75, 3.05) is 6.54 Å². The molecule has 1 aliphatic carbocycles. The summed E-state index contributed by atoms with van der Waals surface area (Å²) in [5.41, 5.74) is 1.76. The summed E-state index contributed by atoms with van der Waals surface area (Å²) in [5, 5.41) is 24.6. The number of carbonyl (C=O) groups excluding carboxylic acids is 1. The zero-order chi connectivity index (χ0) is 27.1. The fraction of sp³-hybridized carbons (Fsp3) is 0.444. The normalized spacial score (nSPS) is 22.3. The number of nitrogens with one attached hydrogen (secondary N) is 1. The van der Waals surface area contributed by atoms with E-state index < -0.39 is 41.5 Å². The summed E-state index contributed by atoms with van der Waals surface area (Å²) in [6, 6.07) is 2.46. The Hall–Kier alpha value is -3.28. The Morgan fingerprint density at radius 3 is 2.74 bits per heavy atom. The van der Waals surface area contributed by atoms with E-state index in [0.717, 1.165) is 11.1 Å². The van der Waals surface area contributed by atoms with Crippen LogP contribution in [0, 0.1) is 12.7 Å². The molecule has 1 aromatic carbocycles. The number of aryl methyl sites for hydroxylation is 1. The van der Waals surface area contributed by atoms with Crippen molar-refractivity contribution >= 4 is 16.9 Å². The second kappa shape index (κ2) is 8.62. The number of rotatable bonds is 5. The third-order valence-electron chi connectivity index (χ3n) is 8.24. The predicted octanol–water partition coefficient (Wildman–Crippen LogP) is 2.73. The first-order valence-electron chi connectivity index (χ1n) is 12.6. The van der Waals surface area contributed by atoms with Crippen LogP contribution in [0.3, 0.4) is 0 Å². The van der Waals surface area contributed by atoms with E-state index in [2.05, 4.69) is 5.32 Å². The number of ether oxygens (including phenoxy) is 1. The van der Waals surface area contributed by atoms with E-state index in [1.54, 1.807) is 19.9 Å². The molecule has 1 unspecified atom stereocenters. The highest BCUT2D eigenvalue weighted by molar-refractivity contribution is 5.93. The van der Waals surface area contributed by atoms with Crippen molar-refractivity contribution in [3.8, 4) is 11.4 Å². The van der Waals surface area contributed by atoms with Crippen LogP contribution in [-0.4, -0.2) is 44.8 Å². The number of cyclic esters (lactones) is 1. The van der Waals surface area contributed by atoms with Crippen LogP contribution in [0.2, 0.25) is 0 Å². The second-order valence-corrected chi connectivity index (χ2v) is 10.2. The zero-order valence-corrected chi connectivity index (χ0v) is 20.8. The van der Waals surface area contributed by atoms with E-state index in [1.807, 2.05) is 0 Å². The number of alkyl halides is 2. The largest absolute Gasteiger partial charge is 0.458 e. The number of hydrogen-bond donors (Lipinski definition) is 3. The Kier molecular flexibility index (Phi) is 5.68. The molecule has 3 N–H and O–H groups in total. The minimum Gasteiger partial charge on any atom is -0.458 e. The predicted molar refractivity (Wildman–Crippen MR) is 130 cm³/mol. The first-order valence-corrected chi connectivity index (χ1v) is 12.6. The minimum absolute atomic E-state index is 0.00269. The monoisotopic (exact) mass is 529 g/mol. The van der Waals surface area contributed by atoms with E-state index in [9.17, 15) is 33.0 Å². The highest BCUT2D eigenvalue weighted by atomic mass is 19.3. The topological polar surface area (TPSA) is 114 Å². The van der Waals surface area contributed by atoms with Crippen LogP contribution < -0.4 is 10.9 Å². The summed E-state index contributed by atoms with van der Waals surface area (Å²) in [6.07, 6.45) is -3.81. The highest BCUT2D eigenvalue weighted by Gasteiger charge is 2.46. The average Bonchev–Trinajstić information content (AvgIpc) is 3.27. The number of nitrogens with zero attached hydrogens (tertiary/aromatic N) is 2. The smallest absolute Gasteiger partial charge is 0.343 e. The second-order valence-electron chi connectivity index (χ2n) is 10.2. The summed E-state index contributed by atoms with van der Waals surface area (Å²) >= 11 is 0. The summed E-state index contributed by atoms with van der Waals surface area (Å²) < 4.78 is 47.6. The number of aliphatic hydroxyl groups excluding tert-OH is 1. The number of aliphatic hydroxyl groups is 2. The third kappa shape index (κ3) is 3.38. The van der Waals surface area contributed by atoms with Gasteiger partial charge in [-0.05, 0) is 48.9 Å². The molecule has 2 aromatic heterocycles. The highest BCUT2D eigenvalue weighted by Crippen LogP contribution is 2.45. The van der Waals surface area contributed by atoms with Gasteiger partial charge in [0.2, 0.25) is 0 Å². The van der Waals surface area contributed by atoms with Crippen LogP contribution in [0.5, 0.6) is 0 Å². The first kappa shape index (κ1) is 25.0. The lowest BCUT2D eigenvalue weighted by atomic mass is 9.81. The maximum absolute atomic E-state index is 14.9.